The molecule has 0 saturated carbocycles. The Morgan fingerprint density at radius 3 is 2.04 bits per heavy atom. The van der Waals surface area contributed by atoms with Crippen LogP contribution in [-0.2, 0) is 23.8 Å². The highest BCUT2D eigenvalue weighted by Gasteiger charge is 2.36. The number of aromatic nitrogens is 1. The molecule has 27 heavy (non-hydrogen) atoms. The lowest BCUT2D eigenvalue weighted by Gasteiger charge is -2.21. The summed E-state index contributed by atoms with van der Waals surface area (Å²) in [7, 11) is 0. The predicted molar refractivity (Wildman–Crippen MR) is 99.3 cm³/mol. The van der Waals surface area contributed by atoms with E-state index in [9.17, 15) is 14.4 Å². The standard InChI is InChI=1S/C19H28N2O6/c1-7-25-16(22)15(17(23)26-8-2)12(3)13-9-10-14(20-11-13)21-18(24)27-19(4,5)6/h9-12,15H,7-8H2,1-6H3,(H,20,21,24). The number of pyridine rings is 1. The first-order valence-corrected chi connectivity index (χ1v) is 8.88. The summed E-state index contributed by atoms with van der Waals surface area (Å²) in [5.74, 6) is -2.58. The number of ether oxygens (including phenoxy) is 3. The van der Waals surface area contributed by atoms with E-state index >= 15 is 0 Å². The van der Waals surface area contributed by atoms with E-state index < -0.39 is 35.5 Å². The first-order chi connectivity index (χ1) is 12.6. The topological polar surface area (TPSA) is 104 Å². The van der Waals surface area contributed by atoms with Gasteiger partial charge in [0.2, 0.25) is 0 Å². The number of hydrogen-bond acceptors (Lipinski definition) is 7. The molecule has 8 heteroatoms. The fraction of sp³-hybridized carbons (Fsp3) is 0.579. The Bertz CT molecular complexity index is 633. The van der Waals surface area contributed by atoms with E-state index in [2.05, 4.69) is 10.3 Å². The van der Waals surface area contributed by atoms with E-state index in [1.807, 2.05) is 0 Å². The van der Waals surface area contributed by atoms with Gasteiger partial charge in [0, 0.05) is 12.1 Å². The van der Waals surface area contributed by atoms with Crippen LogP contribution >= 0.6 is 0 Å². The molecule has 0 bridgehead atoms. The maximum absolute atomic E-state index is 12.2. The van der Waals surface area contributed by atoms with E-state index in [-0.39, 0.29) is 13.2 Å². The molecule has 0 aliphatic heterocycles. The molecule has 150 valence electrons. The maximum Gasteiger partial charge on any atom is 0.413 e. The largest absolute Gasteiger partial charge is 0.465 e. The van der Waals surface area contributed by atoms with Crippen LogP contribution in [0.15, 0.2) is 18.3 Å². The lowest BCUT2D eigenvalue weighted by atomic mass is 9.88. The fourth-order valence-electron chi connectivity index (χ4n) is 2.32. The molecule has 0 aromatic carbocycles. The van der Waals surface area contributed by atoms with Crippen LogP contribution in [0.5, 0.6) is 0 Å². The van der Waals surface area contributed by atoms with Crippen LogP contribution in [0.3, 0.4) is 0 Å². The normalized spacial score (nSPS) is 12.3. The summed E-state index contributed by atoms with van der Waals surface area (Å²) >= 11 is 0. The summed E-state index contributed by atoms with van der Waals surface area (Å²) < 4.78 is 15.2. The molecule has 0 aliphatic carbocycles. The van der Waals surface area contributed by atoms with Crippen molar-refractivity contribution in [1.29, 1.82) is 0 Å². The van der Waals surface area contributed by atoms with Crippen LogP contribution in [0.25, 0.3) is 0 Å². The average molecular weight is 380 g/mol. The second-order valence-electron chi connectivity index (χ2n) is 6.87. The zero-order chi connectivity index (χ0) is 20.6. The quantitative estimate of drug-likeness (QED) is 0.440. The molecular formula is C19H28N2O6. The number of rotatable bonds is 7. The van der Waals surface area contributed by atoms with Crippen molar-refractivity contribution in [2.45, 2.75) is 53.1 Å². The van der Waals surface area contributed by atoms with Crippen LogP contribution in [0.4, 0.5) is 10.6 Å². The minimum atomic E-state index is -1.09. The molecule has 1 aromatic rings. The number of amides is 1. The zero-order valence-corrected chi connectivity index (χ0v) is 16.7. The molecule has 0 spiro atoms. The van der Waals surface area contributed by atoms with Crippen molar-refractivity contribution in [1.82, 2.24) is 4.98 Å². The molecule has 1 heterocycles. The van der Waals surface area contributed by atoms with Crippen molar-refractivity contribution in [3.8, 4) is 0 Å². The van der Waals surface area contributed by atoms with Crippen LogP contribution in [0, 0.1) is 5.92 Å². The molecule has 0 saturated heterocycles. The van der Waals surface area contributed by atoms with Gasteiger partial charge in [-0.1, -0.05) is 13.0 Å². The third kappa shape index (κ3) is 7.24. The minimum Gasteiger partial charge on any atom is -0.465 e. The number of carbonyl (C=O) groups excluding carboxylic acids is 3. The molecule has 8 nitrogen and oxygen atoms in total. The number of hydrogen-bond donors (Lipinski definition) is 1. The molecule has 0 radical (unpaired) electrons. The monoisotopic (exact) mass is 380 g/mol. The van der Waals surface area contributed by atoms with Crippen molar-refractivity contribution >= 4 is 23.8 Å². The molecular weight excluding hydrogens is 352 g/mol. The number of nitrogens with one attached hydrogen (secondary N) is 1. The van der Waals surface area contributed by atoms with E-state index in [1.54, 1.807) is 53.7 Å². The summed E-state index contributed by atoms with van der Waals surface area (Å²) in [5.41, 5.74) is 0.0150. The Morgan fingerprint density at radius 1 is 1.07 bits per heavy atom. The Kier molecular flexibility index (Phi) is 8.21. The highest BCUT2D eigenvalue weighted by atomic mass is 16.6. The van der Waals surface area contributed by atoms with Gasteiger partial charge < -0.3 is 14.2 Å². The van der Waals surface area contributed by atoms with Crippen molar-refractivity contribution < 1.29 is 28.6 Å². The summed E-state index contributed by atoms with van der Waals surface area (Å²) in [4.78, 5) is 40.3. The lowest BCUT2D eigenvalue weighted by molar-refractivity contribution is -0.162. The smallest absolute Gasteiger partial charge is 0.413 e. The van der Waals surface area contributed by atoms with Gasteiger partial charge in [0.1, 0.15) is 11.4 Å². The summed E-state index contributed by atoms with van der Waals surface area (Å²) in [5, 5.41) is 2.52. The first kappa shape index (κ1) is 22.4. The molecule has 1 rings (SSSR count). The van der Waals surface area contributed by atoms with Gasteiger partial charge in [0.15, 0.2) is 5.92 Å². The Morgan fingerprint density at radius 2 is 1.63 bits per heavy atom. The number of nitrogens with zero attached hydrogens (tertiary/aromatic N) is 1. The third-order valence-electron chi connectivity index (χ3n) is 3.52. The van der Waals surface area contributed by atoms with Gasteiger partial charge in [0.05, 0.1) is 13.2 Å². The molecule has 1 aromatic heterocycles. The number of anilines is 1. The Labute approximate surface area is 159 Å². The second-order valence-corrected chi connectivity index (χ2v) is 6.87. The minimum absolute atomic E-state index is 0.165. The predicted octanol–water partition coefficient (Wildman–Crippen LogP) is 3.27. The zero-order valence-electron chi connectivity index (χ0n) is 16.7. The molecule has 1 N–H and O–H groups in total. The highest BCUT2D eigenvalue weighted by molar-refractivity contribution is 5.96. The van der Waals surface area contributed by atoms with Crippen molar-refractivity contribution in [3.63, 3.8) is 0 Å². The Hall–Kier alpha value is -2.64. The first-order valence-electron chi connectivity index (χ1n) is 8.88. The molecule has 1 amide bonds. The summed E-state index contributed by atoms with van der Waals surface area (Å²) in [6.07, 6.45) is 0.870. The molecule has 0 aliphatic rings. The summed E-state index contributed by atoms with van der Waals surface area (Å²) in [6, 6.07) is 3.25. The van der Waals surface area contributed by atoms with Gasteiger partial charge in [-0.3, -0.25) is 14.9 Å². The van der Waals surface area contributed by atoms with E-state index in [0.717, 1.165) is 0 Å². The van der Waals surface area contributed by atoms with Gasteiger partial charge in [-0.2, -0.15) is 0 Å². The van der Waals surface area contributed by atoms with Gasteiger partial charge in [-0.25, -0.2) is 9.78 Å². The number of esters is 2. The van der Waals surface area contributed by atoms with Crippen LogP contribution < -0.4 is 5.32 Å². The van der Waals surface area contributed by atoms with Crippen LogP contribution in [0.1, 0.15) is 53.0 Å². The van der Waals surface area contributed by atoms with E-state index in [1.165, 1.54) is 6.20 Å². The van der Waals surface area contributed by atoms with Crippen molar-refractivity contribution in [2.24, 2.45) is 5.92 Å². The lowest BCUT2D eigenvalue weighted by Crippen LogP contribution is -2.32. The summed E-state index contributed by atoms with van der Waals surface area (Å²) in [6.45, 7) is 10.7. The SMILES string of the molecule is CCOC(=O)C(C(=O)OCC)C(C)c1ccc(NC(=O)OC(C)(C)C)nc1. The van der Waals surface area contributed by atoms with Gasteiger partial charge in [0.25, 0.3) is 0 Å². The van der Waals surface area contributed by atoms with Gasteiger partial charge in [-0.15, -0.1) is 0 Å². The number of carbonyl (C=O) groups is 3. The van der Waals surface area contributed by atoms with Crippen molar-refractivity contribution in [2.75, 3.05) is 18.5 Å². The molecule has 1 unspecified atom stereocenters. The van der Waals surface area contributed by atoms with Crippen LogP contribution in [-0.4, -0.2) is 41.8 Å². The van der Waals surface area contributed by atoms with E-state index in [0.29, 0.717) is 11.4 Å². The third-order valence-corrected chi connectivity index (χ3v) is 3.52. The molecule has 0 fully saturated rings. The van der Waals surface area contributed by atoms with Crippen LogP contribution in [0.2, 0.25) is 0 Å². The van der Waals surface area contributed by atoms with E-state index in [4.69, 9.17) is 14.2 Å². The second kappa shape index (κ2) is 9.89. The average Bonchev–Trinajstić information content (AvgIpc) is 2.54. The fourth-order valence-corrected chi connectivity index (χ4v) is 2.32. The Balaban J connectivity index is 2.91. The maximum atomic E-state index is 12.2. The molecule has 1 atom stereocenters. The highest BCUT2D eigenvalue weighted by Crippen LogP contribution is 2.27. The van der Waals surface area contributed by atoms with Gasteiger partial charge >= 0.3 is 18.0 Å². The van der Waals surface area contributed by atoms with Crippen molar-refractivity contribution in [3.05, 3.63) is 23.9 Å². The van der Waals surface area contributed by atoms with Gasteiger partial charge in [-0.05, 0) is 46.2 Å².